The lowest BCUT2D eigenvalue weighted by atomic mass is 9.48. The van der Waals surface area contributed by atoms with Gasteiger partial charge in [-0.25, -0.2) is 9.37 Å². The molecule has 18 heavy (non-hydrogen) atoms. The van der Waals surface area contributed by atoms with Crippen molar-refractivity contribution in [2.45, 2.75) is 39.5 Å². The van der Waals surface area contributed by atoms with Crippen molar-refractivity contribution in [3.63, 3.8) is 0 Å². The van der Waals surface area contributed by atoms with Crippen molar-refractivity contribution in [3.05, 3.63) is 24.1 Å². The van der Waals surface area contributed by atoms with Crippen molar-refractivity contribution in [3.8, 4) is 0 Å². The molecule has 2 aliphatic rings. The lowest BCUT2D eigenvalue weighted by Gasteiger charge is -2.60. The van der Waals surface area contributed by atoms with Gasteiger partial charge < -0.3 is 4.90 Å². The van der Waals surface area contributed by atoms with Crippen LogP contribution >= 0.6 is 0 Å². The van der Waals surface area contributed by atoms with Crippen LogP contribution in [0.1, 0.15) is 39.5 Å². The minimum Gasteiger partial charge on any atom is -0.357 e. The van der Waals surface area contributed by atoms with E-state index in [1.54, 1.807) is 6.07 Å². The van der Waals surface area contributed by atoms with Gasteiger partial charge in [-0.15, -0.1) is 0 Å². The van der Waals surface area contributed by atoms with Crippen LogP contribution in [-0.4, -0.2) is 18.1 Å². The Labute approximate surface area is 108 Å². The highest BCUT2D eigenvalue weighted by Gasteiger charge is 2.53. The molecule has 0 unspecified atom stereocenters. The van der Waals surface area contributed by atoms with E-state index >= 15 is 0 Å². The van der Waals surface area contributed by atoms with Gasteiger partial charge in [-0.3, -0.25) is 0 Å². The van der Waals surface area contributed by atoms with E-state index in [1.165, 1.54) is 37.9 Å². The first-order chi connectivity index (χ1) is 8.52. The first kappa shape index (κ1) is 11.9. The lowest BCUT2D eigenvalue weighted by molar-refractivity contribution is -0.0706. The Bertz CT molecular complexity index is 430. The SMILES string of the molecule is CC1(C)CCC12CCN(c1ccc(F)cn1)CC2. The number of piperidine rings is 1. The second-order valence-corrected chi connectivity index (χ2v) is 6.49. The maximum atomic E-state index is 12.9. The molecule has 0 amide bonds. The highest BCUT2D eigenvalue weighted by molar-refractivity contribution is 5.38. The number of hydrogen-bond donors (Lipinski definition) is 0. The molecule has 1 aliphatic heterocycles. The van der Waals surface area contributed by atoms with Crippen LogP contribution in [0.4, 0.5) is 10.2 Å². The largest absolute Gasteiger partial charge is 0.357 e. The fourth-order valence-corrected chi connectivity index (χ4v) is 3.62. The Morgan fingerprint density at radius 2 is 1.83 bits per heavy atom. The number of pyridine rings is 1. The summed E-state index contributed by atoms with van der Waals surface area (Å²) < 4.78 is 12.9. The molecule has 1 aromatic heterocycles. The Balaban J connectivity index is 1.69. The predicted molar refractivity (Wildman–Crippen MR) is 71.1 cm³/mol. The molecule has 2 fully saturated rings. The minimum absolute atomic E-state index is 0.257. The van der Waals surface area contributed by atoms with Gasteiger partial charge in [0.1, 0.15) is 11.6 Å². The molecule has 0 bridgehead atoms. The van der Waals surface area contributed by atoms with E-state index in [2.05, 4.69) is 23.7 Å². The molecule has 0 N–H and O–H groups in total. The van der Waals surface area contributed by atoms with Crippen LogP contribution < -0.4 is 4.90 Å². The van der Waals surface area contributed by atoms with Gasteiger partial charge in [0, 0.05) is 13.1 Å². The average molecular weight is 248 g/mol. The highest BCUT2D eigenvalue weighted by Crippen LogP contribution is 2.61. The normalized spacial score (nSPS) is 24.9. The van der Waals surface area contributed by atoms with E-state index in [0.29, 0.717) is 10.8 Å². The van der Waals surface area contributed by atoms with Gasteiger partial charge in [0.15, 0.2) is 0 Å². The number of halogens is 1. The maximum Gasteiger partial charge on any atom is 0.141 e. The summed E-state index contributed by atoms with van der Waals surface area (Å²) in [4.78, 5) is 6.47. The van der Waals surface area contributed by atoms with E-state index in [4.69, 9.17) is 0 Å². The molecule has 3 rings (SSSR count). The second kappa shape index (κ2) is 3.94. The molecule has 1 saturated carbocycles. The number of nitrogens with zero attached hydrogens (tertiary/aromatic N) is 2. The van der Waals surface area contributed by atoms with Gasteiger partial charge >= 0.3 is 0 Å². The Morgan fingerprint density at radius 3 is 2.28 bits per heavy atom. The quantitative estimate of drug-likeness (QED) is 0.754. The first-order valence-electron chi connectivity index (χ1n) is 6.89. The third-order valence-corrected chi connectivity index (χ3v) is 5.42. The van der Waals surface area contributed by atoms with Crippen LogP contribution in [-0.2, 0) is 0 Å². The van der Waals surface area contributed by atoms with E-state index in [9.17, 15) is 4.39 Å². The maximum absolute atomic E-state index is 12.9. The monoisotopic (exact) mass is 248 g/mol. The molecule has 0 atom stereocenters. The molecule has 1 aromatic rings. The Kier molecular flexibility index (Phi) is 2.61. The van der Waals surface area contributed by atoms with Crippen molar-refractivity contribution in [2.75, 3.05) is 18.0 Å². The summed E-state index contributed by atoms with van der Waals surface area (Å²) in [7, 11) is 0. The lowest BCUT2D eigenvalue weighted by Crippen LogP contribution is -2.54. The zero-order chi connectivity index (χ0) is 12.8. The van der Waals surface area contributed by atoms with Crippen LogP contribution in [0.15, 0.2) is 18.3 Å². The third-order valence-electron chi connectivity index (χ3n) is 5.42. The van der Waals surface area contributed by atoms with Crippen LogP contribution in [0.2, 0.25) is 0 Å². The van der Waals surface area contributed by atoms with Crippen molar-refractivity contribution in [1.82, 2.24) is 4.98 Å². The summed E-state index contributed by atoms with van der Waals surface area (Å²) >= 11 is 0. The molecule has 2 heterocycles. The second-order valence-electron chi connectivity index (χ2n) is 6.49. The average Bonchev–Trinajstić information content (AvgIpc) is 2.39. The summed E-state index contributed by atoms with van der Waals surface area (Å²) in [5.41, 5.74) is 1.07. The van der Waals surface area contributed by atoms with Crippen LogP contribution in [0.25, 0.3) is 0 Å². The van der Waals surface area contributed by atoms with Crippen molar-refractivity contribution in [1.29, 1.82) is 0 Å². The van der Waals surface area contributed by atoms with Gasteiger partial charge in [0.25, 0.3) is 0 Å². The molecular formula is C15H21FN2. The summed E-state index contributed by atoms with van der Waals surface area (Å²) in [6.07, 6.45) is 6.55. The molecule has 3 heteroatoms. The molecule has 1 saturated heterocycles. The summed E-state index contributed by atoms with van der Waals surface area (Å²) in [5, 5.41) is 0. The molecular weight excluding hydrogens is 227 g/mol. The van der Waals surface area contributed by atoms with Crippen LogP contribution in [0, 0.1) is 16.6 Å². The predicted octanol–water partition coefficient (Wildman–Crippen LogP) is 3.63. The molecule has 0 radical (unpaired) electrons. The highest BCUT2D eigenvalue weighted by atomic mass is 19.1. The molecule has 1 spiro atoms. The molecule has 0 aromatic carbocycles. The van der Waals surface area contributed by atoms with E-state index in [0.717, 1.165) is 18.9 Å². The van der Waals surface area contributed by atoms with E-state index in [1.807, 2.05) is 0 Å². The van der Waals surface area contributed by atoms with Gasteiger partial charge in [0.2, 0.25) is 0 Å². The molecule has 2 nitrogen and oxygen atoms in total. The topological polar surface area (TPSA) is 16.1 Å². The molecule has 98 valence electrons. The minimum atomic E-state index is -0.257. The Morgan fingerprint density at radius 1 is 1.11 bits per heavy atom. The smallest absolute Gasteiger partial charge is 0.141 e. The van der Waals surface area contributed by atoms with Crippen LogP contribution in [0.5, 0.6) is 0 Å². The zero-order valence-electron chi connectivity index (χ0n) is 11.2. The standard InChI is InChI=1S/C15H21FN2/c1-14(2)5-6-15(14)7-9-18(10-8-15)13-4-3-12(16)11-17-13/h3-4,11H,5-10H2,1-2H3. The summed E-state index contributed by atoms with van der Waals surface area (Å²) in [5.74, 6) is 0.663. The summed E-state index contributed by atoms with van der Waals surface area (Å²) in [6, 6.07) is 3.29. The fraction of sp³-hybridized carbons (Fsp3) is 0.667. The Hall–Kier alpha value is -1.12. The number of aromatic nitrogens is 1. The number of anilines is 1. The van der Waals surface area contributed by atoms with Crippen molar-refractivity contribution < 1.29 is 4.39 Å². The van der Waals surface area contributed by atoms with Gasteiger partial charge in [-0.05, 0) is 48.6 Å². The third kappa shape index (κ3) is 1.72. The summed E-state index contributed by atoms with van der Waals surface area (Å²) in [6.45, 7) is 6.93. The van der Waals surface area contributed by atoms with Crippen LogP contribution in [0.3, 0.4) is 0 Å². The van der Waals surface area contributed by atoms with Crippen molar-refractivity contribution in [2.24, 2.45) is 10.8 Å². The fourth-order valence-electron chi connectivity index (χ4n) is 3.62. The zero-order valence-corrected chi connectivity index (χ0v) is 11.2. The van der Waals surface area contributed by atoms with Gasteiger partial charge in [-0.2, -0.15) is 0 Å². The molecule has 1 aliphatic carbocycles. The van der Waals surface area contributed by atoms with E-state index < -0.39 is 0 Å². The first-order valence-corrected chi connectivity index (χ1v) is 6.89. The van der Waals surface area contributed by atoms with Crippen molar-refractivity contribution >= 4 is 5.82 Å². The van der Waals surface area contributed by atoms with Gasteiger partial charge in [-0.1, -0.05) is 13.8 Å². The van der Waals surface area contributed by atoms with Gasteiger partial charge in [0.05, 0.1) is 6.20 Å². The van der Waals surface area contributed by atoms with E-state index in [-0.39, 0.29) is 5.82 Å². The number of hydrogen-bond acceptors (Lipinski definition) is 2. The number of rotatable bonds is 1.